The fourth-order valence-electron chi connectivity index (χ4n) is 3.76. The Bertz CT molecular complexity index is 1130. The van der Waals surface area contributed by atoms with E-state index in [2.05, 4.69) is 4.98 Å². The summed E-state index contributed by atoms with van der Waals surface area (Å²) >= 11 is 1.68. The first-order valence-electron chi connectivity index (χ1n) is 10.1. The lowest BCUT2D eigenvalue weighted by Gasteiger charge is -2.13. The zero-order chi connectivity index (χ0) is 22.7. The Morgan fingerprint density at radius 3 is 2.62 bits per heavy atom. The molecule has 0 atom stereocenters. The summed E-state index contributed by atoms with van der Waals surface area (Å²) in [5, 5.41) is 8.86. The van der Waals surface area contributed by atoms with Crippen LogP contribution in [0.1, 0.15) is 28.7 Å². The Morgan fingerprint density at radius 1 is 1.09 bits per heavy atom. The molecule has 4 nitrogen and oxygen atoms in total. The topological polar surface area (TPSA) is 59.4 Å². The van der Waals surface area contributed by atoms with Crippen molar-refractivity contribution in [2.45, 2.75) is 36.1 Å². The van der Waals surface area contributed by atoms with E-state index in [0.29, 0.717) is 17.2 Å². The quantitative estimate of drug-likeness (QED) is 0.439. The molecular formula is C24H20F3NO3S. The highest BCUT2D eigenvalue weighted by molar-refractivity contribution is 7.98. The number of aliphatic carboxylic acids is 1. The number of ether oxygens (including phenoxy) is 1. The molecular weight excluding hydrogens is 439 g/mol. The number of carboxylic acid groups (broad SMARTS) is 1. The lowest BCUT2D eigenvalue weighted by molar-refractivity contribution is -0.139. The molecule has 1 aliphatic rings. The first kappa shape index (κ1) is 22.2. The number of fused-ring (bicyclic) bond motifs is 1. The number of aromatic nitrogens is 1. The van der Waals surface area contributed by atoms with Crippen molar-refractivity contribution in [3.8, 4) is 17.0 Å². The maximum absolute atomic E-state index is 12.8. The summed E-state index contributed by atoms with van der Waals surface area (Å²) in [5.41, 5.74) is 3.81. The van der Waals surface area contributed by atoms with Gasteiger partial charge in [0.25, 0.3) is 0 Å². The van der Waals surface area contributed by atoms with Gasteiger partial charge in [-0.2, -0.15) is 13.2 Å². The maximum Gasteiger partial charge on any atom is 0.417 e. The van der Waals surface area contributed by atoms with E-state index >= 15 is 0 Å². The third-order valence-electron chi connectivity index (χ3n) is 5.26. The molecule has 0 bridgehead atoms. The normalized spacial score (nSPS) is 13.1. The number of halogens is 3. The highest BCUT2D eigenvalue weighted by Gasteiger charge is 2.30. The molecule has 3 aromatic rings. The summed E-state index contributed by atoms with van der Waals surface area (Å²) in [6, 6.07) is 13.8. The van der Waals surface area contributed by atoms with Crippen molar-refractivity contribution < 1.29 is 27.8 Å². The predicted octanol–water partition coefficient (Wildman–Crippen LogP) is 6.01. The molecule has 4 rings (SSSR count). The number of carbonyl (C=O) groups is 1. The van der Waals surface area contributed by atoms with Crippen molar-refractivity contribution in [1.29, 1.82) is 0 Å². The number of pyridine rings is 1. The number of benzene rings is 2. The number of rotatable bonds is 7. The average Bonchev–Trinajstić information content (AvgIpc) is 3.27. The van der Waals surface area contributed by atoms with Gasteiger partial charge in [0, 0.05) is 22.4 Å². The molecule has 0 saturated heterocycles. The van der Waals surface area contributed by atoms with Gasteiger partial charge in [0.05, 0.1) is 11.3 Å². The lowest BCUT2D eigenvalue weighted by Crippen LogP contribution is -2.10. The van der Waals surface area contributed by atoms with Crippen molar-refractivity contribution in [2.75, 3.05) is 6.61 Å². The van der Waals surface area contributed by atoms with Crippen LogP contribution in [0.25, 0.3) is 11.3 Å². The minimum atomic E-state index is -4.40. The van der Waals surface area contributed by atoms with Crippen LogP contribution in [0.4, 0.5) is 13.2 Å². The molecule has 0 amide bonds. The molecule has 2 aromatic carbocycles. The van der Waals surface area contributed by atoms with Gasteiger partial charge in [-0.05, 0) is 66.3 Å². The van der Waals surface area contributed by atoms with Gasteiger partial charge in [-0.1, -0.05) is 18.2 Å². The SMILES string of the molecule is O=C(O)COc1ccc(SCc2cccc(-c3ccc(C(F)(F)F)cn3)c2)c2c1CCC2. The largest absolute Gasteiger partial charge is 0.482 e. The van der Waals surface area contributed by atoms with E-state index in [1.807, 2.05) is 36.4 Å². The number of nitrogens with zero attached hydrogens (tertiary/aromatic N) is 1. The van der Waals surface area contributed by atoms with Crippen molar-refractivity contribution in [3.63, 3.8) is 0 Å². The molecule has 1 aromatic heterocycles. The van der Waals surface area contributed by atoms with E-state index < -0.39 is 17.7 Å². The monoisotopic (exact) mass is 459 g/mol. The van der Waals surface area contributed by atoms with Crippen LogP contribution in [0.2, 0.25) is 0 Å². The van der Waals surface area contributed by atoms with Crippen LogP contribution < -0.4 is 4.74 Å². The van der Waals surface area contributed by atoms with Crippen LogP contribution in [0, 0.1) is 0 Å². The molecule has 166 valence electrons. The van der Waals surface area contributed by atoms with E-state index in [1.54, 1.807) is 11.8 Å². The van der Waals surface area contributed by atoms with Crippen LogP contribution in [0.15, 0.2) is 59.6 Å². The number of alkyl halides is 3. The van der Waals surface area contributed by atoms with Gasteiger partial charge < -0.3 is 9.84 Å². The van der Waals surface area contributed by atoms with Crippen molar-refractivity contribution in [1.82, 2.24) is 4.98 Å². The molecule has 0 spiro atoms. The van der Waals surface area contributed by atoms with Gasteiger partial charge in [0.1, 0.15) is 5.75 Å². The van der Waals surface area contributed by atoms with Crippen molar-refractivity contribution in [3.05, 3.63) is 77.0 Å². The summed E-state index contributed by atoms with van der Waals surface area (Å²) in [4.78, 5) is 15.9. The number of hydrogen-bond acceptors (Lipinski definition) is 4. The summed E-state index contributed by atoms with van der Waals surface area (Å²) in [6.45, 7) is -0.357. The maximum atomic E-state index is 12.8. The second-order valence-electron chi connectivity index (χ2n) is 7.47. The zero-order valence-electron chi connectivity index (χ0n) is 17.0. The van der Waals surface area contributed by atoms with E-state index in [9.17, 15) is 18.0 Å². The van der Waals surface area contributed by atoms with Crippen LogP contribution in [-0.2, 0) is 29.6 Å². The highest BCUT2D eigenvalue weighted by atomic mass is 32.2. The van der Waals surface area contributed by atoms with Gasteiger partial charge >= 0.3 is 12.1 Å². The fraction of sp³-hybridized carbons (Fsp3) is 0.250. The number of carboxylic acids is 1. The smallest absolute Gasteiger partial charge is 0.417 e. The standard InChI is InChI=1S/C24H20F3NO3S/c25-24(26,27)17-7-8-20(28-12-17)16-4-1-3-15(11-16)14-32-22-10-9-21(31-13-23(29)30)18-5-2-6-19(18)22/h1,3-4,7-12H,2,5-6,13-14H2,(H,29,30). The summed E-state index contributed by atoms with van der Waals surface area (Å²) in [7, 11) is 0. The van der Waals surface area contributed by atoms with Crippen LogP contribution in [0.5, 0.6) is 5.75 Å². The Morgan fingerprint density at radius 2 is 1.91 bits per heavy atom. The van der Waals surface area contributed by atoms with Gasteiger partial charge in [-0.15, -0.1) is 11.8 Å². The fourth-order valence-corrected chi connectivity index (χ4v) is 4.83. The Balaban J connectivity index is 1.48. The van der Waals surface area contributed by atoms with Crippen molar-refractivity contribution in [2.24, 2.45) is 0 Å². The minimum absolute atomic E-state index is 0.357. The molecule has 1 aliphatic carbocycles. The van der Waals surface area contributed by atoms with Crippen LogP contribution in [-0.4, -0.2) is 22.7 Å². The van der Waals surface area contributed by atoms with E-state index in [-0.39, 0.29) is 6.61 Å². The molecule has 0 aliphatic heterocycles. The van der Waals surface area contributed by atoms with E-state index in [4.69, 9.17) is 9.84 Å². The molecule has 32 heavy (non-hydrogen) atoms. The zero-order valence-corrected chi connectivity index (χ0v) is 17.8. The molecule has 0 fully saturated rings. The van der Waals surface area contributed by atoms with Gasteiger partial charge in [0.15, 0.2) is 6.61 Å². The molecule has 1 N–H and O–H groups in total. The molecule has 1 heterocycles. The van der Waals surface area contributed by atoms with Crippen LogP contribution in [0.3, 0.4) is 0 Å². The average molecular weight is 459 g/mol. The Kier molecular flexibility index (Phi) is 6.41. The molecule has 0 saturated carbocycles. The van der Waals surface area contributed by atoms with Gasteiger partial charge in [-0.3, -0.25) is 4.98 Å². The second-order valence-corrected chi connectivity index (χ2v) is 8.49. The van der Waals surface area contributed by atoms with Crippen molar-refractivity contribution >= 4 is 17.7 Å². The summed E-state index contributed by atoms with van der Waals surface area (Å²) in [5.74, 6) is 0.327. The Labute approximate surface area is 187 Å². The Hall–Kier alpha value is -3.00. The first-order valence-corrected chi connectivity index (χ1v) is 11.0. The summed E-state index contributed by atoms with van der Waals surface area (Å²) < 4.78 is 43.7. The molecule has 8 heteroatoms. The third kappa shape index (κ3) is 5.07. The highest BCUT2D eigenvalue weighted by Crippen LogP contribution is 2.39. The molecule has 0 unspecified atom stereocenters. The predicted molar refractivity (Wildman–Crippen MR) is 116 cm³/mol. The van der Waals surface area contributed by atoms with Gasteiger partial charge in [-0.25, -0.2) is 4.79 Å². The third-order valence-corrected chi connectivity index (χ3v) is 6.43. The van der Waals surface area contributed by atoms with E-state index in [1.165, 1.54) is 11.6 Å². The van der Waals surface area contributed by atoms with Crippen LogP contribution >= 0.6 is 11.8 Å². The summed E-state index contributed by atoms with van der Waals surface area (Å²) in [6.07, 6.45) is -0.747. The minimum Gasteiger partial charge on any atom is -0.482 e. The number of thioether (sulfide) groups is 1. The lowest BCUT2D eigenvalue weighted by atomic mass is 10.1. The molecule has 0 radical (unpaired) electrons. The van der Waals surface area contributed by atoms with Gasteiger partial charge in [0.2, 0.25) is 0 Å². The second kappa shape index (κ2) is 9.24. The number of hydrogen-bond donors (Lipinski definition) is 1. The van der Waals surface area contributed by atoms with E-state index in [0.717, 1.165) is 53.1 Å². The first-order chi connectivity index (χ1) is 15.3.